The monoisotopic (exact) mass is 288 g/mol. The Kier molecular flexibility index (Phi) is 5.32. The molecule has 3 heteroatoms. The number of hydrogen-bond acceptors (Lipinski definition) is 3. The van der Waals surface area contributed by atoms with Crippen molar-refractivity contribution in [3.8, 4) is 10.4 Å². The molecule has 108 valence electrons. The van der Waals surface area contributed by atoms with Crippen LogP contribution in [-0.4, -0.2) is 11.0 Å². The molecule has 0 saturated carbocycles. The molecule has 0 bridgehead atoms. The fourth-order valence-corrected chi connectivity index (χ4v) is 3.21. The summed E-state index contributed by atoms with van der Waals surface area (Å²) in [6, 6.07) is 11.1. The third kappa shape index (κ3) is 3.68. The standard InChI is InChI=1S/C17H24N2S/c1-5-13(4)17-19-15(11-18-12(2)3)16(20-17)14-9-7-6-8-10-14/h6-10,12-13,18H,5,11H2,1-4H3. The van der Waals surface area contributed by atoms with Gasteiger partial charge in [0, 0.05) is 18.5 Å². The molecule has 2 rings (SSSR count). The summed E-state index contributed by atoms with van der Waals surface area (Å²) in [5.41, 5.74) is 2.46. The zero-order valence-electron chi connectivity index (χ0n) is 12.8. The van der Waals surface area contributed by atoms with Gasteiger partial charge in [0.15, 0.2) is 0 Å². The number of benzene rings is 1. The average Bonchev–Trinajstić information content (AvgIpc) is 2.89. The van der Waals surface area contributed by atoms with Gasteiger partial charge in [-0.2, -0.15) is 0 Å². The van der Waals surface area contributed by atoms with Crippen LogP contribution in [0.1, 0.15) is 50.7 Å². The number of rotatable bonds is 6. The van der Waals surface area contributed by atoms with E-state index in [9.17, 15) is 0 Å². The Hall–Kier alpha value is -1.19. The van der Waals surface area contributed by atoms with Crippen LogP contribution in [-0.2, 0) is 6.54 Å². The van der Waals surface area contributed by atoms with Crippen LogP contribution in [0.2, 0.25) is 0 Å². The Balaban J connectivity index is 2.34. The van der Waals surface area contributed by atoms with Gasteiger partial charge in [0.1, 0.15) is 0 Å². The van der Waals surface area contributed by atoms with E-state index in [0.29, 0.717) is 12.0 Å². The lowest BCUT2D eigenvalue weighted by Crippen LogP contribution is -2.22. The predicted octanol–water partition coefficient (Wildman–Crippen LogP) is 4.82. The molecule has 0 radical (unpaired) electrons. The Bertz CT molecular complexity index is 531. The van der Waals surface area contributed by atoms with E-state index in [1.165, 1.54) is 21.1 Å². The van der Waals surface area contributed by atoms with Gasteiger partial charge in [0.05, 0.1) is 15.6 Å². The molecule has 1 aromatic heterocycles. The highest BCUT2D eigenvalue weighted by Crippen LogP contribution is 2.34. The zero-order chi connectivity index (χ0) is 14.5. The van der Waals surface area contributed by atoms with Gasteiger partial charge < -0.3 is 5.32 Å². The molecule has 0 fully saturated rings. The second kappa shape index (κ2) is 7.00. The SMILES string of the molecule is CCC(C)c1nc(CNC(C)C)c(-c2ccccc2)s1. The molecule has 20 heavy (non-hydrogen) atoms. The van der Waals surface area contributed by atoms with Gasteiger partial charge in [-0.1, -0.05) is 58.0 Å². The minimum absolute atomic E-state index is 0.479. The average molecular weight is 288 g/mol. The Morgan fingerprint density at radius 1 is 1.15 bits per heavy atom. The Morgan fingerprint density at radius 3 is 2.45 bits per heavy atom. The predicted molar refractivity (Wildman–Crippen MR) is 88.2 cm³/mol. The lowest BCUT2D eigenvalue weighted by molar-refractivity contribution is 0.581. The smallest absolute Gasteiger partial charge is 0.0963 e. The van der Waals surface area contributed by atoms with Crippen molar-refractivity contribution in [1.82, 2.24) is 10.3 Å². The van der Waals surface area contributed by atoms with E-state index in [2.05, 4.69) is 63.3 Å². The third-order valence-electron chi connectivity index (χ3n) is 3.46. The van der Waals surface area contributed by atoms with Gasteiger partial charge in [-0.05, 0) is 12.0 Å². The van der Waals surface area contributed by atoms with Crippen LogP contribution in [0.3, 0.4) is 0 Å². The summed E-state index contributed by atoms with van der Waals surface area (Å²) in [6.07, 6.45) is 1.14. The molecule has 0 aliphatic heterocycles. The molecule has 0 aliphatic rings. The van der Waals surface area contributed by atoms with Crippen molar-refractivity contribution in [2.24, 2.45) is 0 Å². The summed E-state index contributed by atoms with van der Waals surface area (Å²) < 4.78 is 0. The fraction of sp³-hybridized carbons (Fsp3) is 0.471. The van der Waals surface area contributed by atoms with Crippen molar-refractivity contribution in [2.75, 3.05) is 0 Å². The summed E-state index contributed by atoms with van der Waals surface area (Å²) in [4.78, 5) is 6.20. The van der Waals surface area contributed by atoms with E-state index >= 15 is 0 Å². The summed E-state index contributed by atoms with van der Waals surface area (Å²) in [5, 5.41) is 4.74. The maximum Gasteiger partial charge on any atom is 0.0963 e. The lowest BCUT2D eigenvalue weighted by Gasteiger charge is -2.07. The number of thiazole rings is 1. The van der Waals surface area contributed by atoms with Crippen molar-refractivity contribution in [2.45, 2.75) is 52.6 Å². The van der Waals surface area contributed by atoms with E-state index in [4.69, 9.17) is 4.98 Å². The lowest BCUT2D eigenvalue weighted by atomic mass is 10.1. The van der Waals surface area contributed by atoms with Gasteiger partial charge in [-0.15, -0.1) is 11.3 Å². The molecule has 0 saturated heterocycles. The maximum atomic E-state index is 4.89. The van der Waals surface area contributed by atoms with Gasteiger partial charge in [-0.25, -0.2) is 4.98 Å². The van der Waals surface area contributed by atoms with Crippen LogP contribution in [0.5, 0.6) is 0 Å². The maximum absolute atomic E-state index is 4.89. The van der Waals surface area contributed by atoms with Crippen molar-refractivity contribution >= 4 is 11.3 Å². The normalized spacial score (nSPS) is 12.8. The van der Waals surface area contributed by atoms with Crippen molar-refractivity contribution < 1.29 is 0 Å². The largest absolute Gasteiger partial charge is 0.309 e. The molecule has 0 aliphatic carbocycles. The van der Waals surface area contributed by atoms with Gasteiger partial charge in [0.2, 0.25) is 0 Å². The van der Waals surface area contributed by atoms with E-state index in [1.54, 1.807) is 0 Å². The first-order valence-corrected chi connectivity index (χ1v) is 8.21. The number of aromatic nitrogens is 1. The number of hydrogen-bond donors (Lipinski definition) is 1. The first-order chi connectivity index (χ1) is 9.61. The summed E-state index contributed by atoms with van der Waals surface area (Å²) in [7, 11) is 0. The Morgan fingerprint density at radius 2 is 1.85 bits per heavy atom. The first kappa shape index (κ1) is 15.2. The summed E-state index contributed by atoms with van der Waals surface area (Å²) >= 11 is 1.85. The molecule has 0 amide bonds. The molecule has 1 N–H and O–H groups in total. The van der Waals surface area contributed by atoms with Crippen LogP contribution in [0.25, 0.3) is 10.4 Å². The van der Waals surface area contributed by atoms with Crippen LogP contribution in [0, 0.1) is 0 Å². The number of nitrogens with zero attached hydrogens (tertiary/aromatic N) is 1. The van der Waals surface area contributed by atoms with E-state index in [0.717, 1.165) is 13.0 Å². The number of nitrogens with one attached hydrogen (secondary N) is 1. The highest BCUT2D eigenvalue weighted by molar-refractivity contribution is 7.15. The molecule has 1 aromatic carbocycles. The van der Waals surface area contributed by atoms with Crippen LogP contribution < -0.4 is 5.32 Å². The van der Waals surface area contributed by atoms with Crippen LogP contribution >= 0.6 is 11.3 Å². The van der Waals surface area contributed by atoms with Gasteiger partial charge in [0.25, 0.3) is 0 Å². The summed E-state index contributed by atoms with van der Waals surface area (Å²) in [5.74, 6) is 0.537. The molecule has 1 heterocycles. The van der Waals surface area contributed by atoms with Crippen molar-refractivity contribution in [3.05, 3.63) is 41.0 Å². The van der Waals surface area contributed by atoms with E-state index < -0.39 is 0 Å². The second-order valence-corrected chi connectivity index (χ2v) is 6.57. The Labute approximate surface area is 126 Å². The second-order valence-electron chi connectivity index (χ2n) is 5.54. The van der Waals surface area contributed by atoms with Gasteiger partial charge >= 0.3 is 0 Å². The summed E-state index contributed by atoms with van der Waals surface area (Å²) in [6.45, 7) is 9.66. The zero-order valence-corrected chi connectivity index (χ0v) is 13.6. The fourth-order valence-electron chi connectivity index (χ4n) is 1.99. The molecule has 2 nitrogen and oxygen atoms in total. The quantitative estimate of drug-likeness (QED) is 0.824. The molecule has 1 atom stereocenters. The first-order valence-electron chi connectivity index (χ1n) is 7.40. The van der Waals surface area contributed by atoms with Crippen LogP contribution in [0.4, 0.5) is 0 Å². The third-order valence-corrected chi connectivity index (χ3v) is 4.84. The van der Waals surface area contributed by atoms with E-state index in [-0.39, 0.29) is 0 Å². The highest BCUT2D eigenvalue weighted by Gasteiger charge is 2.16. The van der Waals surface area contributed by atoms with Crippen molar-refractivity contribution in [3.63, 3.8) is 0 Å². The van der Waals surface area contributed by atoms with Crippen LogP contribution in [0.15, 0.2) is 30.3 Å². The topological polar surface area (TPSA) is 24.9 Å². The minimum atomic E-state index is 0.479. The molecule has 1 unspecified atom stereocenters. The molecular weight excluding hydrogens is 264 g/mol. The molecular formula is C17H24N2S. The van der Waals surface area contributed by atoms with Gasteiger partial charge in [-0.3, -0.25) is 0 Å². The molecule has 2 aromatic rings. The van der Waals surface area contributed by atoms with Crippen molar-refractivity contribution in [1.29, 1.82) is 0 Å². The van der Waals surface area contributed by atoms with E-state index in [1.807, 2.05) is 11.3 Å². The molecule has 0 spiro atoms. The highest BCUT2D eigenvalue weighted by atomic mass is 32.1. The minimum Gasteiger partial charge on any atom is -0.309 e.